The van der Waals surface area contributed by atoms with E-state index >= 15 is 0 Å². The van der Waals surface area contributed by atoms with Crippen molar-refractivity contribution in [3.63, 3.8) is 0 Å². The molecular weight excluding hydrogens is 310 g/mol. The second kappa shape index (κ2) is 5.71. The topological polar surface area (TPSA) is 158 Å². The highest BCUT2D eigenvalue weighted by atomic mass is 16.6. The Labute approximate surface area is 127 Å². The quantitative estimate of drug-likeness (QED) is 0.423. The van der Waals surface area contributed by atoms with Gasteiger partial charge in [0.1, 0.15) is 0 Å². The summed E-state index contributed by atoms with van der Waals surface area (Å²) in [6.45, 7) is 0. The highest BCUT2D eigenvalue weighted by molar-refractivity contribution is 5.56. The maximum atomic E-state index is 11.9. The minimum atomic E-state index is -0.986. The number of nitro benzene ring substituents is 1. The van der Waals surface area contributed by atoms with Crippen LogP contribution in [0.3, 0.4) is 0 Å². The van der Waals surface area contributed by atoms with E-state index in [0.29, 0.717) is 9.13 Å². The van der Waals surface area contributed by atoms with Gasteiger partial charge >= 0.3 is 5.69 Å². The van der Waals surface area contributed by atoms with E-state index in [1.807, 2.05) is 0 Å². The van der Waals surface area contributed by atoms with Crippen molar-refractivity contribution in [2.75, 3.05) is 0 Å². The van der Waals surface area contributed by atoms with Crippen LogP contribution in [-0.2, 0) is 14.1 Å². The number of non-ortho nitro benzene ring substituents is 1. The predicted octanol–water partition coefficient (Wildman–Crippen LogP) is -0.445. The van der Waals surface area contributed by atoms with Gasteiger partial charge in [-0.15, -0.1) is 5.11 Å². The number of hydrogen-bond acceptors (Lipinski definition) is 8. The van der Waals surface area contributed by atoms with E-state index in [1.165, 1.54) is 0 Å². The molecule has 0 aliphatic heterocycles. The SMILES string of the molecule is Cn1c([O-])c(N=Nc2cc([N+](=O)[O-])ccc2[O-])c(=O)n(C)c1=O. The Balaban J connectivity index is 2.59. The normalized spacial score (nSPS) is 11.0. The summed E-state index contributed by atoms with van der Waals surface area (Å²) in [6.07, 6.45) is 0. The summed E-state index contributed by atoms with van der Waals surface area (Å²) < 4.78 is 1.31. The van der Waals surface area contributed by atoms with Crippen molar-refractivity contribution in [3.05, 3.63) is 49.2 Å². The molecule has 0 amide bonds. The summed E-state index contributed by atoms with van der Waals surface area (Å²) in [7, 11) is 2.30. The summed E-state index contributed by atoms with van der Waals surface area (Å²) in [6, 6.07) is 2.78. The first-order valence-electron chi connectivity index (χ1n) is 6.08. The molecule has 0 aliphatic carbocycles. The van der Waals surface area contributed by atoms with Crippen LogP contribution in [-0.4, -0.2) is 14.1 Å². The fourth-order valence-corrected chi connectivity index (χ4v) is 1.69. The van der Waals surface area contributed by atoms with Crippen molar-refractivity contribution < 1.29 is 15.1 Å². The summed E-state index contributed by atoms with van der Waals surface area (Å²) in [5, 5.41) is 40.9. The first kappa shape index (κ1) is 15.9. The molecule has 120 valence electrons. The standard InChI is InChI=1S/C12H11N5O6/c1-15-10(19)9(11(20)16(2)12(15)21)14-13-7-5-6(17(22)23)3-4-8(7)18/h3-5,18-19H,1-2H3/p-2. The van der Waals surface area contributed by atoms with Crippen LogP contribution in [0, 0.1) is 10.1 Å². The number of aromatic nitrogens is 2. The molecule has 0 N–H and O–H groups in total. The second-order valence-electron chi connectivity index (χ2n) is 4.47. The van der Waals surface area contributed by atoms with Gasteiger partial charge in [0.25, 0.3) is 11.2 Å². The number of nitrogens with zero attached hydrogens (tertiary/aromatic N) is 5. The molecule has 1 heterocycles. The monoisotopic (exact) mass is 319 g/mol. The van der Waals surface area contributed by atoms with Crippen LogP contribution in [0.1, 0.15) is 0 Å². The molecule has 0 saturated heterocycles. The lowest BCUT2D eigenvalue weighted by molar-refractivity contribution is -0.385. The van der Waals surface area contributed by atoms with Crippen molar-refractivity contribution in [2.24, 2.45) is 24.3 Å². The lowest BCUT2D eigenvalue weighted by Gasteiger charge is -2.15. The predicted molar refractivity (Wildman–Crippen MR) is 73.1 cm³/mol. The van der Waals surface area contributed by atoms with Gasteiger partial charge in [-0.3, -0.25) is 19.5 Å². The highest BCUT2D eigenvalue weighted by Crippen LogP contribution is 2.30. The molecular formula is C12H9N5O6-2. The zero-order chi connectivity index (χ0) is 17.3. The summed E-state index contributed by atoms with van der Waals surface area (Å²) in [5.41, 5.74) is -3.30. The van der Waals surface area contributed by atoms with Gasteiger partial charge in [-0.05, 0) is 0 Å². The molecule has 0 bridgehead atoms. The van der Waals surface area contributed by atoms with E-state index in [4.69, 9.17) is 0 Å². The molecule has 0 saturated carbocycles. The maximum absolute atomic E-state index is 11.9. The third kappa shape index (κ3) is 2.79. The number of rotatable bonds is 3. The Morgan fingerprint density at radius 2 is 1.74 bits per heavy atom. The van der Waals surface area contributed by atoms with Crippen LogP contribution in [0.5, 0.6) is 11.6 Å². The Hall–Kier alpha value is -3.50. The largest absolute Gasteiger partial charge is 0.871 e. The van der Waals surface area contributed by atoms with Crippen molar-refractivity contribution >= 4 is 17.1 Å². The third-order valence-corrected chi connectivity index (χ3v) is 3.00. The molecule has 11 heteroatoms. The molecule has 0 unspecified atom stereocenters. The molecule has 23 heavy (non-hydrogen) atoms. The first-order chi connectivity index (χ1) is 10.7. The van der Waals surface area contributed by atoms with Crippen LogP contribution in [0.25, 0.3) is 0 Å². The van der Waals surface area contributed by atoms with Gasteiger partial charge in [-0.2, -0.15) is 5.11 Å². The van der Waals surface area contributed by atoms with Crippen LogP contribution in [0.15, 0.2) is 38.0 Å². The second-order valence-corrected chi connectivity index (χ2v) is 4.47. The minimum absolute atomic E-state index is 0.394. The number of hydrogen-bond donors (Lipinski definition) is 0. The first-order valence-corrected chi connectivity index (χ1v) is 6.08. The van der Waals surface area contributed by atoms with E-state index in [-0.39, 0.29) is 0 Å². The Kier molecular flexibility index (Phi) is 3.94. The lowest BCUT2D eigenvalue weighted by atomic mass is 10.2. The minimum Gasteiger partial charge on any atom is -0.871 e. The van der Waals surface area contributed by atoms with E-state index < -0.39 is 44.9 Å². The molecule has 1 aromatic heterocycles. The molecule has 0 spiro atoms. The van der Waals surface area contributed by atoms with E-state index in [1.54, 1.807) is 0 Å². The number of azo groups is 1. The molecule has 2 rings (SSSR count). The molecule has 11 nitrogen and oxygen atoms in total. The Morgan fingerprint density at radius 3 is 2.35 bits per heavy atom. The number of nitro groups is 1. The average Bonchev–Trinajstić information content (AvgIpc) is 2.52. The fourth-order valence-electron chi connectivity index (χ4n) is 1.69. The van der Waals surface area contributed by atoms with Crippen molar-refractivity contribution in [1.82, 2.24) is 9.13 Å². The third-order valence-electron chi connectivity index (χ3n) is 3.00. The van der Waals surface area contributed by atoms with Crippen LogP contribution < -0.4 is 21.5 Å². The van der Waals surface area contributed by atoms with Gasteiger partial charge in [0.2, 0.25) is 0 Å². The molecule has 0 atom stereocenters. The molecule has 1 aromatic carbocycles. The smallest absolute Gasteiger partial charge is 0.330 e. The number of benzene rings is 1. The van der Waals surface area contributed by atoms with E-state index in [9.17, 15) is 29.9 Å². The van der Waals surface area contributed by atoms with Gasteiger partial charge in [0.05, 0.1) is 10.6 Å². The molecule has 0 aliphatic rings. The van der Waals surface area contributed by atoms with Crippen LogP contribution >= 0.6 is 0 Å². The summed E-state index contributed by atoms with van der Waals surface area (Å²) >= 11 is 0. The zero-order valence-electron chi connectivity index (χ0n) is 11.9. The maximum Gasteiger partial charge on any atom is 0.330 e. The van der Waals surface area contributed by atoms with Crippen molar-refractivity contribution in [3.8, 4) is 11.6 Å². The lowest BCUT2D eigenvalue weighted by Crippen LogP contribution is -2.37. The zero-order valence-corrected chi connectivity index (χ0v) is 11.9. The van der Waals surface area contributed by atoms with Crippen molar-refractivity contribution in [1.29, 1.82) is 0 Å². The molecule has 2 aromatic rings. The van der Waals surface area contributed by atoms with Gasteiger partial charge in [0.15, 0.2) is 5.69 Å². The molecule has 0 radical (unpaired) electrons. The van der Waals surface area contributed by atoms with Gasteiger partial charge in [0, 0.05) is 32.1 Å². The Bertz CT molecular complexity index is 942. The van der Waals surface area contributed by atoms with Crippen molar-refractivity contribution in [2.45, 2.75) is 0 Å². The highest BCUT2D eigenvalue weighted by Gasteiger charge is 2.10. The summed E-state index contributed by atoms with van der Waals surface area (Å²) in [5.74, 6) is -1.66. The van der Waals surface area contributed by atoms with Gasteiger partial charge in [-0.1, -0.05) is 11.8 Å². The fraction of sp³-hybridized carbons (Fsp3) is 0.167. The van der Waals surface area contributed by atoms with E-state index in [0.717, 1.165) is 32.3 Å². The van der Waals surface area contributed by atoms with Gasteiger partial charge < -0.3 is 14.8 Å². The van der Waals surface area contributed by atoms with Crippen LogP contribution in [0.2, 0.25) is 0 Å². The van der Waals surface area contributed by atoms with Gasteiger partial charge in [-0.25, -0.2) is 4.79 Å². The summed E-state index contributed by atoms with van der Waals surface area (Å²) in [4.78, 5) is 33.3. The Morgan fingerprint density at radius 1 is 1.09 bits per heavy atom. The van der Waals surface area contributed by atoms with Crippen LogP contribution in [0.4, 0.5) is 17.1 Å². The average molecular weight is 319 g/mol. The van der Waals surface area contributed by atoms with E-state index in [2.05, 4.69) is 10.2 Å². The molecule has 0 fully saturated rings.